The van der Waals surface area contributed by atoms with Crippen LogP contribution >= 0.6 is 11.3 Å². The summed E-state index contributed by atoms with van der Waals surface area (Å²) in [6.45, 7) is 10.1. The van der Waals surface area contributed by atoms with Crippen molar-refractivity contribution in [2.75, 3.05) is 53.5 Å². The molecule has 0 aliphatic carbocycles. The number of nitrogens with zero attached hydrogens (tertiary/aromatic N) is 4. The number of piperazine rings is 1. The van der Waals surface area contributed by atoms with Crippen LogP contribution in [0, 0.1) is 0 Å². The first-order chi connectivity index (χ1) is 17.7. The van der Waals surface area contributed by atoms with E-state index in [0.717, 1.165) is 59.3 Å². The molecule has 1 unspecified atom stereocenters. The molecule has 0 bridgehead atoms. The van der Waals surface area contributed by atoms with E-state index < -0.39 is 11.0 Å². The summed E-state index contributed by atoms with van der Waals surface area (Å²) in [5.41, 5.74) is 4.69. The van der Waals surface area contributed by atoms with E-state index in [0.29, 0.717) is 5.95 Å². The van der Waals surface area contributed by atoms with Gasteiger partial charge in [0.05, 0.1) is 15.0 Å². The second-order valence-corrected chi connectivity index (χ2v) is 13.1. The van der Waals surface area contributed by atoms with Gasteiger partial charge in [0.1, 0.15) is 11.0 Å². The van der Waals surface area contributed by atoms with Gasteiger partial charge in [0.2, 0.25) is 5.95 Å². The van der Waals surface area contributed by atoms with Gasteiger partial charge in [-0.3, -0.25) is 0 Å². The van der Waals surface area contributed by atoms with Crippen molar-refractivity contribution in [2.45, 2.75) is 25.5 Å². The van der Waals surface area contributed by atoms with Crippen molar-refractivity contribution in [1.82, 2.24) is 14.9 Å². The second-order valence-electron chi connectivity index (χ2n) is 10.2. The maximum atomic E-state index is 12.5. The zero-order valence-electron chi connectivity index (χ0n) is 21.6. The molecule has 1 aliphatic heterocycles. The number of aromatic nitrogens is 2. The largest absolute Gasteiger partial charge is 0.369 e. The van der Waals surface area contributed by atoms with Crippen LogP contribution in [0.4, 0.5) is 34.5 Å². The lowest BCUT2D eigenvalue weighted by molar-refractivity contribution is 0.313. The lowest BCUT2D eigenvalue weighted by Crippen LogP contribution is -2.44. The Bertz CT molecular complexity index is 1390. The Balaban J connectivity index is 1.33. The first-order valence-corrected chi connectivity index (χ1v) is 14.4. The number of benzene rings is 2. The average molecular weight is 536 g/mol. The molecule has 10 heteroatoms. The fourth-order valence-corrected chi connectivity index (χ4v) is 5.43. The summed E-state index contributed by atoms with van der Waals surface area (Å²) >= 11 is 1.60. The van der Waals surface area contributed by atoms with E-state index in [-0.39, 0.29) is 4.75 Å². The Kier molecular flexibility index (Phi) is 7.32. The molecule has 37 heavy (non-hydrogen) atoms. The smallest absolute Gasteiger partial charge is 0.229 e. The predicted molar refractivity (Wildman–Crippen MR) is 158 cm³/mol. The Morgan fingerprint density at radius 2 is 1.62 bits per heavy atom. The summed E-state index contributed by atoms with van der Waals surface area (Å²) in [4.78, 5) is 14.3. The van der Waals surface area contributed by atoms with Gasteiger partial charge in [-0.15, -0.1) is 11.3 Å². The third-order valence-corrected chi connectivity index (χ3v) is 8.63. The molecule has 0 spiro atoms. The van der Waals surface area contributed by atoms with E-state index in [9.17, 15) is 4.21 Å². The highest BCUT2D eigenvalue weighted by atomic mass is 32.2. The summed E-state index contributed by atoms with van der Waals surface area (Å²) in [5.74, 6) is 1.26. The van der Waals surface area contributed by atoms with Crippen LogP contribution in [0.1, 0.15) is 20.8 Å². The van der Waals surface area contributed by atoms with Crippen LogP contribution < -0.4 is 20.3 Å². The van der Waals surface area contributed by atoms with Crippen molar-refractivity contribution >= 4 is 67.1 Å². The molecule has 1 aliphatic rings. The lowest BCUT2D eigenvalue weighted by Gasteiger charge is -2.34. The number of likely N-dealkylation sites (N-methyl/N-ethyl adjacent to an activating group) is 1. The zero-order chi connectivity index (χ0) is 26.0. The minimum Gasteiger partial charge on any atom is -0.369 e. The minimum absolute atomic E-state index is 0.359. The fourth-order valence-electron chi connectivity index (χ4n) is 4.01. The van der Waals surface area contributed by atoms with E-state index in [4.69, 9.17) is 9.97 Å². The maximum absolute atomic E-state index is 12.5. The number of fused-ring (bicyclic) bond motifs is 1. The maximum Gasteiger partial charge on any atom is 0.229 e. The number of hydrogen-bond acceptors (Lipinski definition) is 8. The van der Waals surface area contributed by atoms with Crippen molar-refractivity contribution < 1.29 is 4.21 Å². The molecule has 0 amide bonds. The fraction of sp³-hybridized carbons (Fsp3) is 0.333. The minimum atomic E-state index is -1.21. The molecule has 1 fully saturated rings. The summed E-state index contributed by atoms with van der Waals surface area (Å²) in [6, 6.07) is 18.2. The van der Waals surface area contributed by atoms with Crippen molar-refractivity contribution in [1.29, 1.82) is 0 Å². The van der Waals surface area contributed by atoms with Gasteiger partial charge in [-0.25, -0.2) is 9.19 Å². The molecule has 2 aromatic carbocycles. The first kappa shape index (κ1) is 25.4. The molecule has 0 radical (unpaired) electrons. The van der Waals surface area contributed by atoms with E-state index in [1.807, 2.05) is 56.5 Å². The van der Waals surface area contributed by atoms with E-state index in [1.165, 1.54) is 5.69 Å². The van der Waals surface area contributed by atoms with Crippen LogP contribution in [-0.2, 0) is 11.0 Å². The number of anilines is 6. The SMILES string of the molecule is CN1CCN(c2ccc(Nc3nc(Nc4cccc(NS(=O)C(C)(C)C)c4)c4sccc4n3)cc2)CC1. The molecule has 1 atom stereocenters. The highest BCUT2D eigenvalue weighted by molar-refractivity contribution is 7.87. The van der Waals surface area contributed by atoms with Crippen molar-refractivity contribution in [3.63, 3.8) is 0 Å². The van der Waals surface area contributed by atoms with Crippen molar-refractivity contribution in [3.05, 3.63) is 60.0 Å². The first-order valence-electron chi connectivity index (χ1n) is 12.4. The Hall–Kier alpha value is -3.21. The topological polar surface area (TPSA) is 85.4 Å². The van der Waals surface area contributed by atoms with Gasteiger partial charge >= 0.3 is 0 Å². The highest BCUT2D eigenvalue weighted by Crippen LogP contribution is 2.31. The van der Waals surface area contributed by atoms with Crippen LogP contribution in [0.5, 0.6) is 0 Å². The highest BCUT2D eigenvalue weighted by Gasteiger charge is 2.20. The van der Waals surface area contributed by atoms with Gasteiger partial charge < -0.3 is 25.2 Å². The molecule has 194 valence electrons. The van der Waals surface area contributed by atoms with Crippen LogP contribution in [0.15, 0.2) is 60.0 Å². The molecule has 1 saturated heterocycles. The summed E-state index contributed by atoms with van der Waals surface area (Å²) in [7, 11) is 0.960. The van der Waals surface area contributed by atoms with Gasteiger partial charge in [0.25, 0.3) is 0 Å². The molecule has 4 aromatic rings. The van der Waals surface area contributed by atoms with Crippen LogP contribution in [0.3, 0.4) is 0 Å². The van der Waals surface area contributed by atoms with Gasteiger partial charge in [-0.2, -0.15) is 4.98 Å². The molecule has 8 nitrogen and oxygen atoms in total. The van der Waals surface area contributed by atoms with E-state index >= 15 is 0 Å². The van der Waals surface area contributed by atoms with Crippen LogP contribution in [0.25, 0.3) is 10.2 Å². The van der Waals surface area contributed by atoms with Gasteiger partial charge in [0.15, 0.2) is 5.82 Å². The average Bonchev–Trinajstić information content (AvgIpc) is 3.34. The second kappa shape index (κ2) is 10.6. The number of rotatable bonds is 7. The zero-order valence-corrected chi connectivity index (χ0v) is 23.2. The third kappa shape index (κ3) is 6.20. The summed E-state index contributed by atoms with van der Waals surface area (Å²) in [6.07, 6.45) is 0. The third-order valence-electron chi connectivity index (χ3n) is 6.19. The molecule has 2 aromatic heterocycles. The Labute approximate surface area is 224 Å². The summed E-state index contributed by atoms with van der Waals surface area (Å²) in [5, 5.41) is 8.82. The van der Waals surface area contributed by atoms with Gasteiger partial charge in [0, 0.05) is 48.9 Å². The van der Waals surface area contributed by atoms with Crippen LogP contribution in [-0.4, -0.2) is 57.1 Å². The normalized spacial score (nSPS) is 15.5. The molecule has 3 N–H and O–H groups in total. The number of thiophene rings is 1. The molecule has 5 rings (SSSR count). The number of hydrogen-bond donors (Lipinski definition) is 3. The molecule has 0 saturated carbocycles. The quantitative estimate of drug-likeness (QED) is 0.276. The standard InChI is InChI=1S/C27H33N7OS2/c1-27(2,3)37(35)32-21-7-5-6-20(18-21)28-25-24-23(12-17-36-24)30-26(31-25)29-19-8-10-22(11-9-19)34-15-13-33(4)14-16-34/h5-12,17-18,32H,13-16H2,1-4H3,(H2,28,29,30,31). The monoisotopic (exact) mass is 535 g/mol. The lowest BCUT2D eigenvalue weighted by atomic mass is 10.2. The summed E-state index contributed by atoms with van der Waals surface area (Å²) < 4.78 is 16.3. The van der Waals surface area contributed by atoms with Crippen molar-refractivity contribution in [2.24, 2.45) is 0 Å². The Morgan fingerprint density at radius 3 is 2.35 bits per heavy atom. The van der Waals surface area contributed by atoms with Gasteiger partial charge in [-0.1, -0.05) is 6.07 Å². The van der Waals surface area contributed by atoms with E-state index in [2.05, 4.69) is 56.5 Å². The molecular formula is C27H33N7OS2. The Morgan fingerprint density at radius 1 is 0.892 bits per heavy atom. The molecular weight excluding hydrogens is 502 g/mol. The van der Waals surface area contributed by atoms with E-state index in [1.54, 1.807) is 11.3 Å². The predicted octanol–water partition coefficient (Wildman–Crippen LogP) is 5.80. The van der Waals surface area contributed by atoms with Crippen molar-refractivity contribution in [3.8, 4) is 0 Å². The number of nitrogens with one attached hydrogen (secondary N) is 3. The molecule has 3 heterocycles. The van der Waals surface area contributed by atoms with Crippen LogP contribution in [0.2, 0.25) is 0 Å². The van der Waals surface area contributed by atoms with Gasteiger partial charge in [-0.05, 0) is 81.7 Å².